The van der Waals surface area contributed by atoms with E-state index in [2.05, 4.69) is 48.4 Å². The quantitative estimate of drug-likeness (QED) is 0.288. The molecule has 0 heterocycles. The number of hydrogen-bond acceptors (Lipinski definition) is 2. The molecule has 1 N–H and O–H groups in total. The zero-order valence-corrected chi connectivity index (χ0v) is 22.5. The minimum atomic E-state index is -2.29. The molecule has 0 atom stereocenters. The average Bonchev–Trinajstić information content (AvgIpc) is 2.65. The van der Waals surface area contributed by atoms with Crippen LogP contribution in [-0.4, -0.2) is 30.1 Å². The Morgan fingerprint density at radius 2 is 1.55 bits per heavy atom. The van der Waals surface area contributed by atoms with Crippen LogP contribution < -0.4 is 5.32 Å². The van der Waals surface area contributed by atoms with E-state index in [1.165, 1.54) is 57.4 Å². The molecule has 4 heteroatoms. The summed E-state index contributed by atoms with van der Waals surface area (Å²) in [6.07, 6.45) is 9.93. The molecule has 0 saturated heterocycles. The van der Waals surface area contributed by atoms with E-state index in [0.717, 1.165) is 5.69 Å². The van der Waals surface area contributed by atoms with Gasteiger partial charge in [-0.2, -0.15) is 0 Å². The molecule has 0 aliphatic heterocycles. The van der Waals surface area contributed by atoms with Crippen molar-refractivity contribution in [3.8, 4) is 0 Å². The van der Waals surface area contributed by atoms with Gasteiger partial charge in [0.15, 0.2) is 0 Å². The predicted octanol–water partition coefficient (Wildman–Crippen LogP) is 8.44. The van der Waals surface area contributed by atoms with Crippen LogP contribution in [0.15, 0.2) is 28.4 Å². The third-order valence-corrected chi connectivity index (χ3v) is 19.3. The van der Waals surface area contributed by atoms with Gasteiger partial charge in [-0.15, -0.1) is 0 Å². The molecule has 0 bridgehead atoms. The van der Waals surface area contributed by atoms with Crippen molar-refractivity contribution in [1.29, 1.82) is 0 Å². The van der Waals surface area contributed by atoms with Gasteiger partial charge < -0.3 is 0 Å². The van der Waals surface area contributed by atoms with Gasteiger partial charge in [-0.1, -0.05) is 0 Å². The molecule has 1 amide bonds. The molecule has 0 aliphatic carbocycles. The SMILES string of the molecule is CCC[CH2][Sn](/[CH]=C/c1cccc(NC(=O)OC(C)(C)C)c1)([CH2]CCC)[CH2]CCC. The molecular formula is C25H43NO2Sn. The first-order chi connectivity index (χ1) is 13.7. The molecule has 3 nitrogen and oxygen atoms in total. The first kappa shape index (κ1) is 26.1. The van der Waals surface area contributed by atoms with Crippen LogP contribution in [0.4, 0.5) is 10.5 Å². The predicted molar refractivity (Wildman–Crippen MR) is 130 cm³/mol. The second-order valence-electron chi connectivity index (χ2n) is 9.26. The Morgan fingerprint density at radius 3 is 2.03 bits per heavy atom. The molecule has 0 spiro atoms. The Bertz CT molecular complexity index is 612. The van der Waals surface area contributed by atoms with Gasteiger partial charge in [0.1, 0.15) is 0 Å². The second kappa shape index (κ2) is 13.4. The minimum absolute atomic E-state index is 0.402. The first-order valence-corrected chi connectivity index (χ1v) is 19.2. The van der Waals surface area contributed by atoms with Crippen LogP contribution in [0.2, 0.25) is 13.3 Å². The molecule has 1 aromatic rings. The maximum atomic E-state index is 12.1. The van der Waals surface area contributed by atoms with Crippen LogP contribution in [0.3, 0.4) is 0 Å². The van der Waals surface area contributed by atoms with Gasteiger partial charge in [-0.25, -0.2) is 0 Å². The third-order valence-electron chi connectivity index (χ3n) is 5.25. The van der Waals surface area contributed by atoms with Crippen molar-refractivity contribution in [1.82, 2.24) is 0 Å². The summed E-state index contributed by atoms with van der Waals surface area (Å²) in [5.74, 6) is 0. The second-order valence-corrected chi connectivity index (χ2v) is 22.3. The summed E-state index contributed by atoms with van der Waals surface area (Å²) in [6.45, 7) is 12.6. The van der Waals surface area contributed by atoms with Crippen molar-refractivity contribution in [3.05, 3.63) is 33.9 Å². The Labute approximate surface area is 183 Å². The van der Waals surface area contributed by atoms with E-state index in [1.807, 2.05) is 32.9 Å². The number of anilines is 1. The number of carbonyl (C=O) groups excluding carboxylic acids is 1. The molecule has 0 unspecified atom stereocenters. The normalized spacial score (nSPS) is 12.3. The average molecular weight is 508 g/mol. The summed E-state index contributed by atoms with van der Waals surface area (Å²) in [5.41, 5.74) is 1.47. The van der Waals surface area contributed by atoms with Crippen molar-refractivity contribution in [3.63, 3.8) is 0 Å². The molecule has 0 fully saturated rings. The standard InChI is InChI=1S/C13H16NO2.3C4H9.Sn/c1-5-10-7-6-8-11(9-10)14-12(15)16-13(2,3)4;3*1-3-4-2;/h1,5-9H,2-4H3,(H,14,15);3*1,3-4H2,2H3;. The molecule has 0 aliphatic rings. The molecular weight excluding hydrogens is 465 g/mol. The number of unbranched alkanes of at least 4 members (excludes halogenated alkanes) is 3. The molecule has 164 valence electrons. The molecule has 1 rings (SSSR count). The Morgan fingerprint density at radius 1 is 1.00 bits per heavy atom. The monoisotopic (exact) mass is 509 g/mol. The Hall–Kier alpha value is -0.971. The van der Waals surface area contributed by atoms with Gasteiger partial charge in [0.2, 0.25) is 0 Å². The number of carbonyl (C=O) groups is 1. The van der Waals surface area contributed by atoms with E-state index in [9.17, 15) is 4.79 Å². The number of ether oxygens (including phenoxy) is 1. The zero-order valence-electron chi connectivity index (χ0n) is 19.6. The van der Waals surface area contributed by atoms with Crippen molar-refractivity contribution in [2.24, 2.45) is 0 Å². The van der Waals surface area contributed by atoms with Crippen LogP contribution >= 0.6 is 0 Å². The van der Waals surface area contributed by atoms with E-state index < -0.39 is 30.1 Å². The molecule has 0 aromatic heterocycles. The van der Waals surface area contributed by atoms with Crippen LogP contribution in [-0.2, 0) is 4.74 Å². The fraction of sp³-hybridized carbons (Fsp3) is 0.640. The van der Waals surface area contributed by atoms with E-state index in [1.54, 1.807) is 0 Å². The van der Waals surface area contributed by atoms with Crippen molar-refractivity contribution < 1.29 is 9.53 Å². The fourth-order valence-electron chi connectivity index (χ4n) is 3.63. The van der Waals surface area contributed by atoms with Gasteiger partial charge in [0.25, 0.3) is 0 Å². The summed E-state index contributed by atoms with van der Waals surface area (Å²) in [5, 5.41) is 2.86. The number of nitrogens with one attached hydrogen (secondary N) is 1. The number of hydrogen-bond donors (Lipinski definition) is 1. The summed E-state index contributed by atoms with van der Waals surface area (Å²) in [6, 6.07) is 8.11. The summed E-state index contributed by atoms with van der Waals surface area (Å²) in [4.78, 5) is 12.1. The fourth-order valence-corrected chi connectivity index (χ4v) is 17.8. The maximum absolute atomic E-state index is 12.1. The molecule has 1 aromatic carbocycles. The van der Waals surface area contributed by atoms with E-state index in [0.29, 0.717) is 0 Å². The van der Waals surface area contributed by atoms with Crippen LogP contribution in [0.5, 0.6) is 0 Å². The summed E-state index contributed by atoms with van der Waals surface area (Å²) >= 11 is -2.29. The third kappa shape index (κ3) is 11.1. The Kier molecular flexibility index (Phi) is 12.0. The van der Waals surface area contributed by atoms with Crippen LogP contribution in [0, 0.1) is 0 Å². The van der Waals surface area contributed by atoms with Gasteiger partial charge in [0.05, 0.1) is 0 Å². The van der Waals surface area contributed by atoms with Gasteiger partial charge in [-0.3, -0.25) is 0 Å². The Balaban J connectivity index is 2.97. The topological polar surface area (TPSA) is 38.3 Å². The summed E-state index contributed by atoms with van der Waals surface area (Å²) < 4.78 is 12.4. The van der Waals surface area contributed by atoms with Crippen molar-refractivity contribution in [2.45, 2.75) is 99.0 Å². The van der Waals surface area contributed by atoms with Crippen molar-refractivity contribution in [2.75, 3.05) is 5.32 Å². The van der Waals surface area contributed by atoms with E-state index in [4.69, 9.17) is 4.74 Å². The van der Waals surface area contributed by atoms with Crippen molar-refractivity contribution >= 4 is 36.2 Å². The molecule has 0 saturated carbocycles. The number of amides is 1. The van der Waals surface area contributed by atoms with E-state index in [-0.39, 0.29) is 0 Å². The number of benzene rings is 1. The van der Waals surface area contributed by atoms with Gasteiger partial charge in [0, 0.05) is 0 Å². The molecule has 29 heavy (non-hydrogen) atoms. The number of rotatable bonds is 12. The van der Waals surface area contributed by atoms with Gasteiger partial charge in [-0.05, 0) is 0 Å². The van der Waals surface area contributed by atoms with E-state index >= 15 is 0 Å². The summed E-state index contributed by atoms with van der Waals surface area (Å²) in [7, 11) is 0. The van der Waals surface area contributed by atoms with Gasteiger partial charge >= 0.3 is 184 Å². The van der Waals surface area contributed by atoms with Crippen LogP contribution in [0.25, 0.3) is 6.08 Å². The van der Waals surface area contributed by atoms with Crippen LogP contribution in [0.1, 0.15) is 85.6 Å². The first-order valence-electron chi connectivity index (χ1n) is 11.5. The zero-order chi connectivity index (χ0) is 21.8. The molecule has 0 radical (unpaired) electrons.